The zero-order chi connectivity index (χ0) is 17.5. The van der Waals surface area contributed by atoms with Gasteiger partial charge in [-0.15, -0.1) is 0 Å². The number of hydrogen-bond acceptors (Lipinski definition) is 2. The molecule has 0 radical (unpaired) electrons. The molecule has 24 heavy (non-hydrogen) atoms. The third-order valence-corrected chi connectivity index (χ3v) is 3.68. The lowest BCUT2D eigenvalue weighted by Gasteiger charge is -2.11. The predicted octanol–water partition coefficient (Wildman–Crippen LogP) is 2.78. The molecule has 0 spiro atoms. The first-order valence-electron chi connectivity index (χ1n) is 7.78. The minimum Gasteiger partial charge on any atom is -0.352 e. The fourth-order valence-electron chi connectivity index (χ4n) is 2.26. The predicted molar refractivity (Wildman–Crippen MR) is 91.0 cm³/mol. The first-order valence-corrected chi connectivity index (χ1v) is 7.78. The Kier molecular flexibility index (Phi) is 6.07. The first-order chi connectivity index (χ1) is 11.5. The van der Waals surface area contributed by atoms with Gasteiger partial charge in [0.25, 0.3) is 5.91 Å². The molecule has 0 saturated heterocycles. The number of carbonyl (C=O) groups excluding carboxylic acids is 2. The van der Waals surface area contributed by atoms with Crippen molar-refractivity contribution in [3.63, 3.8) is 0 Å². The number of benzene rings is 2. The smallest absolute Gasteiger partial charge is 0.253 e. The lowest BCUT2D eigenvalue weighted by molar-refractivity contribution is -0.121. The van der Waals surface area contributed by atoms with E-state index in [4.69, 9.17) is 0 Å². The van der Waals surface area contributed by atoms with Gasteiger partial charge in [-0.1, -0.05) is 30.3 Å². The van der Waals surface area contributed by atoms with Crippen LogP contribution in [0, 0.1) is 5.82 Å². The maximum absolute atomic E-state index is 13.5. The summed E-state index contributed by atoms with van der Waals surface area (Å²) < 4.78 is 13.5. The zero-order valence-electron chi connectivity index (χ0n) is 13.9. The van der Waals surface area contributed by atoms with Crippen molar-refractivity contribution in [3.05, 3.63) is 71.0 Å². The highest BCUT2D eigenvalue weighted by molar-refractivity contribution is 5.93. The van der Waals surface area contributed by atoms with E-state index in [1.54, 1.807) is 44.4 Å². The monoisotopic (exact) mass is 328 g/mol. The normalized spacial score (nSPS) is 10.3. The third kappa shape index (κ3) is 4.91. The van der Waals surface area contributed by atoms with Gasteiger partial charge in [-0.05, 0) is 35.7 Å². The summed E-state index contributed by atoms with van der Waals surface area (Å²) in [6, 6.07) is 13.6. The Labute approximate surface area is 141 Å². The highest BCUT2D eigenvalue weighted by atomic mass is 19.1. The number of halogens is 1. The van der Waals surface area contributed by atoms with Gasteiger partial charge in [0, 0.05) is 32.6 Å². The van der Waals surface area contributed by atoms with E-state index >= 15 is 0 Å². The second kappa shape index (κ2) is 8.24. The summed E-state index contributed by atoms with van der Waals surface area (Å²) in [5.41, 5.74) is 2.05. The zero-order valence-corrected chi connectivity index (χ0v) is 13.9. The van der Waals surface area contributed by atoms with Crippen molar-refractivity contribution in [2.24, 2.45) is 0 Å². The van der Waals surface area contributed by atoms with Crippen LogP contribution in [0.3, 0.4) is 0 Å². The van der Waals surface area contributed by atoms with Crippen LogP contribution >= 0.6 is 0 Å². The lowest BCUT2D eigenvalue weighted by atomic mass is 10.1. The lowest BCUT2D eigenvalue weighted by Crippen LogP contribution is -2.23. The van der Waals surface area contributed by atoms with Crippen molar-refractivity contribution in [1.29, 1.82) is 0 Å². The standard InChI is InChI=1S/C19H21FN2O2/c1-22(2)19(24)16-9-7-14(8-10-16)13-21-18(23)12-11-15-5-3-4-6-17(15)20/h3-10H,11-13H2,1-2H3,(H,21,23). The number of amides is 2. The Morgan fingerprint density at radius 2 is 1.71 bits per heavy atom. The fourth-order valence-corrected chi connectivity index (χ4v) is 2.26. The Bertz CT molecular complexity index is 712. The summed E-state index contributed by atoms with van der Waals surface area (Å²) in [5, 5.41) is 2.80. The molecule has 4 nitrogen and oxygen atoms in total. The van der Waals surface area contributed by atoms with Crippen LogP contribution in [0.1, 0.15) is 27.9 Å². The molecule has 0 aliphatic heterocycles. The Morgan fingerprint density at radius 1 is 1.04 bits per heavy atom. The van der Waals surface area contributed by atoms with Crippen LogP contribution in [-0.4, -0.2) is 30.8 Å². The maximum Gasteiger partial charge on any atom is 0.253 e. The summed E-state index contributed by atoms with van der Waals surface area (Å²) in [7, 11) is 3.40. The Hall–Kier alpha value is -2.69. The number of hydrogen-bond donors (Lipinski definition) is 1. The van der Waals surface area contributed by atoms with Crippen LogP contribution in [0.25, 0.3) is 0 Å². The van der Waals surface area contributed by atoms with Gasteiger partial charge < -0.3 is 10.2 Å². The van der Waals surface area contributed by atoms with Gasteiger partial charge in [0.05, 0.1) is 0 Å². The molecule has 2 aromatic carbocycles. The van der Waals surface area contributed by atoms with E-state index in [-0.39, 0.29) is 24.1 Å². The van der Waals surface area contributed by atoms with Gasteiger partial charge in [0.15, 0.2) is 0 Å². The molecule has 126 valence electrons. The highest BCUT2D eigenvalue weighted by Gasteiger charge is 2.08. The number of rotatable bonds is 6. The number of nitrogens with zero attached hydrogens (tertiary/aromatic N) is 1. The van der Waals surface area contributed by atoms with Crippen molar-refractivity contribution in [2.45, 2.75) is 19.4 Å². The molecule has 0 atom stereocenters. The summed E-state index contributed by atoms with van der Waals surface area (Å²) in [6.45, 7) is 0.381. The molecule has 0 unspecified atom stereocenters. The number of aryl methyl sites for hydroxylation is 1. The molecule has 0 aliphatic carbocycles. The molecule has 1 N–H and O–H groups in total. The van der Waals surface area contributed by atoms with E-state index in [1.807, 2.05) is 12.1 Å². The third-order valence-electron chi connectivity index (χ3n) is 3.68. The summed E-state index contributed by atoms with van der Waals surface area (Å²) in [5.74, 6) is -0.478. The average Bonchev–Trinajstić information content (AvgIpc) is 2.59. The molecular weight excluding hydrogens is 307 g/mol. The van der Waals surface area contributed by atoms with Crippen LogP contribution < -0.4 is 5.32 Å². The van der Waals surface area contributed by atoms with E-state index in [0.29, 0.717) is 24.1 Å². The molecule has 0 aliphatic rings. The van der Waals surface area contributed by atoms with Crippen LogP contribution in [0.2, 0.25) is 0 Å². The largest absolute Gasteiger partial charge is 0.352 e. The van der Waals surface area contributed by atoms with Gasteiger partial charge in [-0.25, -0.2) is 4.39 Å². The maximum atomic E-state index is 13.5. The molecule has 0 bridgehead atoms. The molecule has 0 fully saturated rings. The molecule has 2 amide bonds. The van der Waals surface area contributed by atoms with Gasteiger partial charge in [0.2, 0.25) is 5.91 Å². The summed E-state index contributed by atoms with van der Waals surface area (Å²) in [4.78, 5) is 25.2. The first kappa shape index (κ1) is 17.7. The second-order valence-corrected chi connectivity index (χ2v) is 5.76. The molecule has 0 saturated carbocycles. The molecule has 0 aromatic heterocycles. The molecule has 2 aromatic rings. The van der Waals surface area contributed by atoms with E-state index in [1.165, 1.54) is 11.0 Å². The van der Waals surface area contributed by atoms with E-state index in [9.17, 15) is 14.0 Å². The number of nitrogens with one attached hydrogen (secondary N) is 1. The topological polar surface area (TPSA) is 49.4 Å². The van der Waals surface area contributed by atoms with E-state index in [2.05, 4.69) is 5.32 Å². The summed E-state index contributed by atoms with van der Waals surface area (Å²) >= 11 is 0. The quantitative estimate of drug-likeness (QED) is 0.886. The van der Waals surface area contributed by atoms with Crippen molar-refractivity contribution < 1.29 is 14.0 Å². The van der Waals surface area contributed by atoms with Crippen LogP contribution in [0.4, 0.5) is 4.39 Å². The van der Waals surface area contributed by atoms with Gasteiger partial charge in [-0.2, -0.15) is 0 Å². The van der Waals surface area contributed by atoms with Crippen LogP contribution in [0.5, 0.6) is 0 Å². The fraction of sp³-hybridized carbons (Fsp3) is 0.263. The molecule has 5 heteroatoms. The highest BCUT2D eigenvalue weighted by Crippen LogP contribution is 2.09. The van der Waals surface area contributed by atoms with Gasteiger partial charge in [-0.3, -0.25) is 9.59 Å². The van der Waals surface area contributed by atoms with E-state index < -0.39 is 0 Å². The average molecular weight is 328 g/mol. The summed E-state index contributed by atoms with van der Waals surface area (Å²) in [6.07, 6.45) is 0.604. The minimum atomic E-state index is -0.286. The van der Waals surface area contributed by atoms with Crippen LogP contribution in [-0.2, 0) is 17.8 Å². The number of carbonyl (C=O) groups is 2. The molecule has 2 rings (SSSR count). The van der Waals surface area contributed by atoms with Crippen molar-refractivity contribution in [3.8, 4) is 0 Å². The van der Waals surface area contributed by atoms with E-state index in [0.717, 1.165) is 5.56 Å². The van der Waals surface area contributed by atoms with Gasteiger partial charge >= 0.3 is 0 Å². The molecular formula is C19H21FN2O2. The van der Waals surface area contributed by atoms with Crippen molar-refractivity contribution >= 4 is 11.8 Å². The van der Waals surface area contributed by atoms with Crippen molar-refractivity contribution in [2.75, 3.05) is 14.1 Å². The Morgan fingerprint density at radius 3 is 2.33 bits per heavy atom. The SMILES string of the molecule is CN(C)C(=O)c1ccc(CNC(=O)CCc2ccccc2F)cc1. The van der Waals surface area contributed by atoms with Gasteiger partial charge in [0.1, 0.15) is 5.82 Å². The molecule has 0 heterocycles. The minimum absolute atomic E-state index is 0.0597. The van der Waals surface area contributed by atoms with Crippen molar-refractivity contribution in [1.82, 2.24) is 10.2 Å². The van der Waals surface area contributed by atoms with Crippen LogP contribution in [0.15, 0.2) is 48.5 Å². The second-order valence-electron chi connectivity index (χ2n) is 5.76. The Balaban J connectivity index is 1.81.